The van der Waals surface area contributed by atoms with Crippen molar-refractivity contribution >= 4 is 5.57 Å². The topological polar surface area (TPSA) is 26.0 Å². The standard InChI is InChI=1S/C26H37N/c1-5-6-7-10-21-12-13-24-25(17-21)23(14-15-27)20(4)26(24)19(3)22-11-8-9-18(2)16-22/h8-9,11-13,16,21,23-26H,3-7,10,14-15,17,27H2,1-2H3/t21?,23?,24-,25?,26?/m0/s1. The molecule has 1 saturated carbocycles. The minimum absolute atomic E-state index is 0.362. The van der Waals surface area contributed by atoms with Gasteiger partial charge in [0, 0.05) is 5.92 Å². The van der Waals surface area contributed by atoms with E-state index >= 15 is 0 Å². The maximum Gasteiger partial charge on any atom is 0.0114 e. The molecule has 0 aliphatic heterocycles. The van der Waals surface area contributed by atoms with Gasteiger partial charge < -0.3 is 5.73 Å². The van der Waals surface area contributed by atoms with E-state index in [4.69, 9.17) is 5.73 Å². The first-order valence-corrected chi connectivity index (χ1v) is 10.9. The molecule has 4 unspecified atom stereocenters. The van der Waals surface area contributed by atoms with Crippen LogP contribution in [0.2, 0.25) is 0 Å². The normalized spacial score (nSPS) is 29.7. The number of rotatable bonds is 8. The van der Waals surface area contributed by atoms with Gasteiger partial charge in [0.2, 0.25) is 0 Å². The highest BCUT2D eigenvalue weighted by Gasteiger charge is 2.47. The second-order valence-electron chi connectivity index (χ2n) is 8.75. The molecule has 1 heteroatoms. The highest BCUT2D eigenvalue weighted by molar-refractivity contribution is 5.70. The third-order valence-corrected chi connectivity index (χ3v) is 6.87. The SMILES string of the molecule is C=C(c1cccc(C)c1)C1C(=C)C(CCN)C2CC(CCCCC)C=C[C@H]12. The fourth-order valence-electron chi connectivity index (χ4n) is 5.49. The maximum atomic E-state index is 6.00. The molecule has 0 radical (unpaired) electrons. The molecule has 2 N–H and O–H groups in total. The number of unbranched alkanes of at least 4 members (excludes halogenated alkanes) is 2. The summed E-state index contributed by atoms with van der Waals surface area (Å²) >= 11 is 0. The van der Waals surface area contributed by atoms with Gasteiger partial charge in [-0.15, -0.1) is 0 Å². The van der Waals surface area contributed by atoms with Crippen molar-refractivity contribution in [2.24, 2.45) is 35.3 Å². The molecule has 0 heterocycles. The van der Waals surface area contributed by atoms with Crippen LogP contribution < -0.4 is 5.73 Å². The molecule has 1 aromatic rings. The molecule has 2 aliphatic carbocycles. The van der Waals surface area contributed by atoms with Gasteiger partial charge in [0.15, 0.2) is 0 Å². The molecule has 1 nitrogen and oxygen atoms in total. The minimum Gasteiger partial charge on any atom is -0.330 e. The Labute approximate surface area is 166 Å². The van der Waals surface area contributed by atoms with Crippen LogP contribution in [0, 0.1) is 36.5 Å². The van der Waals surface area contributed by atoms with Gasteiger partial charge in [-0.3, -0.25) is 0 Å². The molecule has 0 saturated heterocycles. The molecule has 146 valence electrons. The van der Waals surface area contributed by atoms with Crippen molar-refractivity contribution in [1.29, 1.82) is 0 Å². The Morgan fingerprint density at radius 1 is 1.19 bits per heavy atom. The molecule has 0 amide bonds. The van der Waals surface area contributed by atoms with E-state index in [-0.39, 0.29) is 0 Å². The predicted octanol–water partition coefficient (Wildman–Crippen LogP) is 6.55. The predicted molar refractivity (Wildman–Crippen MR) is 118 cm³/mol. The van der Waals surface area contributed by atoms with E-state index in [0.717, 1.165) is 18.9 Å². The first-order valence-electron chi connectivity index (χ1n) is 10.9. The van der Waals surface area contributed by atoms with Crippen molar-refractivity contribution in [2.45, 2.75) is 52.4 Å². The fraction of sp³-hybridized carbons (Fsp3) is 0.538. The van der Waals surface area contributed by atoms with E-state index in [0.29, 0.717) is 23.7 Å². The third-order valence-electron chi connectivity index (χ3n) is 6.87. The van der Waals surface area contributed by atoms with Crippen LogP contribution in [0.5, 0.6) is 0 Å². The third kappa shape index (κ3) is 4.29. The van der Waals surface area contributed by atoms with Crippen LogP contribution in [0.4, 0.5) is 0 Å². The lowest BCUT2D eigenvalue weighted by atomic mass is 9.73. The largest absolute Gasteiger partial charge is 0.330 e. The van der Waals surface area contributed by atoms with Gasteiger partial charge in [-0.05, 0) is 67.5 Å². The lowest BCUT2D eigenvalue weighted by Crippen LogP contribution is -2.24. The number of allylic oxidation sites excluding steroid dienone is 4. The molecule has 1 aromatic carbocycles. The summed E-state index contributed by atoms with van der Waals surface area (Å²) in [5, 5.41) is 0. The second-order valence-corrected chi connectivity index (χ2v) is 8.75. The smallest absolute Gasteiger partial charge is 0.0114 e. The van der Waals surface area contributed by atoms with Gasteiger partial charge in [0.1, 0.15) is 0 Å². The van der Waals surface area contributed by atoms with Crippen molar-refractivity contribution in [3.8, 4) is 0 Å². The average molecular weight is 364 g/mol. The van der Waals surface area contributed by atoms with Gasteiger partial charge in [0.05, 0.1) is 0 Å². The molecule has 5 atom stereocenters. The Balaban J connectivity index is 1.83. The first-order chi connectivity index (χ1) is 13.1. The van der Waals surface area contributed by atoms with E-state index in [1.54, 1.807) is 0 Å². The lowest BCUT2D eigenvalue weighted by molar-refractivity contribution is 0.263. The molecule has 1 fully saturated rings. The van der Waals surface area contributed by atoms with E-state index in [2.05, 4.69) is 63.4 Å². The van der Waals surface area contributed by atoms with Crippen LogP contribution in [0.15, 0.2) is 55.1 Å². The van der Waals surface area contributed by atoms with Gasteiger partial charge in [-0.2, -0.15) is 0 Å². The van der Waals surface area contributed by atoms with Crippen molar-refractivity contribution in [1.82, 2.24) is 0 Å². The van der Waals surface area contributed by atoms with Crippen LogP contribution in [-0.2, 0) is 0 Å². The zero-order valence-electron chi connectivity index (χ0n) is 17.3. The highest BCUT2D eigenvalue weighted by Crippen LogP contribution is 2.55. The summed E-state index contributed by atoms with van der Waals surface area (Å²) in [5.74, 6) is 2.87. The number of fused-ring (bicyclic) bond motifs is 1. The second kappa shape index (κ2) is 9.06. The Hall–Kier alpha value is -1.60. The fourth-order valence-corrected chi connectivity index (χ4v) is 5.49. The summed E-state index contributed by atoms with van der Waals surface area (Å²) in [6.45, 7) is 14.3. The summed E-state index contributed by atoms with van der Waals surface area (Å²) in [6.07, 6.45) is 12.7. The van der Waals surface area contributed by atoms with E-state index in [9.17, 15) is 0 Å². The van der Waals surface area contributed by atoms with Gasteiger partial charge in [-0.25, -0.2) is 0 Å². The highest BCUT2D eigenvalue weighted by atomic mass is 14.6. The molecule has 27 heavy (non-hydrogen) atoms. The summed E-state index contributed by atoms with van der Waals surface area (Å²) < 4.78 is 0. The minimum atomic E-state index is 0.362. The van der Waals surface area contributed by atoms with Crippen LogP contribution >= 0.6 is 0 Å². The number of nitrogens with two attached hydrogens (primary N) is 1. The Bertz CT molecular complexity index is 698. The number of aryl methyl sites for hydroxylation is 1. The van der Waals surface area contributed by atoms with Crippen LogP contribution in [0.1, 0.15) is 56.6 Å². The maximum absolute atomic E-state index is 6.00. The Morgan fingerprint density at radius 3 is 2.70 bits per heavy atom. The molecular formula is C26H37N. The van der Waals surface area contributed by atoms with E-state index < -0.39 is 0 Å². The van der Waals surface area contributed by atoms with E-state index in [1.807, 2.05) is 0 Å². The van der Waals surface area contributed by atoms with Gasteiger partial charge >= 0.3 is 0 Å². The van der Waals surface area contributed by atoms with Crippen LogP contribution in [0.3, 0.4) is 0 Å². The molecule has 2 aliphatic rings. The number of hydrogen-bond donors (Lipinski definition) is 1. The van der Waals surface area contributed by atoms with Crippen molar-refractivity contribution in [3.63, 3.8) is 0 Å². The van der Waals surface area contributed by atoms with Crippen LogP contribution in [0.25, 0.3) is 5.57 Å². The molecule has 0 spiro atoms. The number of hydrogen-bond acceptors (Lipinski definition) is 1. The summed E-state index contributed by atoms with van der Waals surface area (Å²) in [6, 6.07) is 8.76. The first kappa shape index (κ1) is 20.1. The quantitative estimate of drug-likeness (QED) is 0.411. The van der Waals surface area contributed by atoms with Crippen molar-refractivity contribution in [3.05, 3.63) is 66.3 Å². The Morgan fingerprint density at radius 2 is 2.00 bits per heavy atom. The lowest BCUT2D eigenvalue weighted by Gasteiger charge is -2.32. The van der Waals surface area contributed by atoms with Crippen molar-refractivity contribution in [2.75, 3.05) is 6.54 Å². The monoisotopic (exact) mass is 363 g/mol. The van der Waals surface area contributed by atoms with E-state index in [1.165, 1.54) is 54.4 Å². The van der Waals surface area contributed by atoms with Gasteiger partial charge in [-0.1, -0.05) is 86.9 Å². The molecule has 0 bridgehead atoms. The zero-order chi connectivity index (χ0) is 19.4. The van der Waals surface area contributed by atoms with Gasteiger partial charge in [0.25, 0.3) is 0 Å². The molecular weight excluding hydrogens is 326 g/mol. The summed E-state index contributed by atoms with van der Waals surface area (Å²) in [5.41, 5.74) is 11.2. The Kier molecular flexibility index (Phi) is 6.76. The van der Waals surface area contributed by atoms with Crippen LogP contribution in [-0.4, -0.2) is 6.54 Å². The van der Waals surface area contributed by atoms with Crippen molar-refractivity contribution < 1.29 is 0 Å². The summed E-state index contributed by atoms with van der Waals surface area (Å²) in [7, 11) is 0. The summed E-state index contributed by atoms with van der Waals surface area (Å²) in [4.78, 5) is 0. The molecule has 3 rings (SSSR count). The molecule has 0 aromatic heterocycles. The zero-order valence-corrected chi connectivity index (χ0v) is 17.3. The number of benzene rings is 1. The average Bonchev–Trinajstić information content (AvgIpc) is 2.93.